The molecule has 1 atom stereocenters. The summed E-state index contributed by atoms with van der Waals surface area (Å²) in [5.41, 5.74) is 3.60. The van der Waals surface area contributed by atoms with E-state index < -0.39 is 0 Å². The zero-order chi connectivity index (χ0) is 22.3. The van der Waals surface area contributed by atoms with E-state index in [0.29, 0.717) is 24.7 Å². The van der Waals surface area contributed by atoms with Gasteiger partial charge in [-0.05, 0) is 49.8 Å². The SMILES string of the molecule is CCOc1cc2c(cc1NC(=O)C=Cc1ccc(OCc3cccnc3)cc1)OC(C)C2. The van der Waals surface area contributed by atoms with Crippen LogP contribution in [0.3, 0.4) is 0 Å². The smallest absolute Gasteiger partial charge is 0.248 e. The number of hydrogen-bond donors (Lipinski definition) is 1. The third kappa shape index (κ3) is 5.46. The number of rotatable bonds is 8. The highest BCUT2D eigenvalue weighted by atomic mass is 16.5. The minimum Gasteiger partial charge on any atom is -0.492 e. The lowest BCUT2D eigenvalue weighted by molar-refractivity contribution is -0.111. The Hall–Kier alpha value is -3.80. The predicted octanol–water partition coefficient (Wildman–Crippen LogP) is 5.03. The van der Waals surface area contributed by atoms with E-state index in [2.05, 4.69) is 10.3 Å². The van der Waals surface area contributed by atoms with Crippen molar-refractivity contribution in [3.8, 4) is 17.2 Å². The third-order valence-corrected chi connectivity index (χ3v) is 4.99. The number of anilines is 1. The summed E-state index contributed by atoms with van der Waals surface area (Å²) >= 11 is 0. The van der Waals surface area contributed by atoms with Crippen molar-refractivity contribution < 1.29 is 19.0 Å². The highest BCUT2D eigenvalue weighted by Gasteiger charge is 2.22. The average Bonchev–Trinajstić information content (AvgIpc) is 3.17. The maximum atomic E-state index is 12.5. The van der Waals surface area contributed by atoms with Gasteiger partial charge in [0.1, 0.15) is 30.0 Å². The highest BCUT2D eigenvalue weighted by Crippen LogP contribution is 2.38. The van der Waals surface area contributed by atoms with Gasteiger partial charge in [-0.1, -0.05) is 18.2 Å². The molecule has 3 aromatic rings. The molecule has 2 heterocycles. The van der Waals surface area contributed by atoms with Crippen LogP contribution in [0.5, 0.6) is 17.2 Å². The summed E-state index contributed by atoms with van der Waals surface area (Å²) in [6.07, 6.45) is 7.73. The molecule has 0 aliphatic carbocycles. The second-order valence-electron chi connectivity index (χ2n) is 7.56. The minimum atomic E-state index is -0.242. The van der Waals surface area contributed by atoms with Crippen molar-refractivity contribution in [2.45, 2.75) is 33.0 Å². The number of carbonyl (C=O) groups excluding carboxylic acids is 1. The first kappa shape index (κ1) is 21.4. The first-order valence-corrected chi connectivity index (χ1v) is 10.7. The fraction of sp³-hybridized carbons (Fsp3) is 0.231. The molecule has 4 rings (SSSR count). The molecule has 0 fully saturated rings. The Kier molecular flexibility index (Phi) is 6.70. The van der Waals surface area contributed by atoms with Crippen LogP contribution in [0.4, 0.5) is 5.69 Å². The molecule has 1 aliphatic rings. The number of ether oxygens (including phenoxy) is 3. The van der Waals surface area contributed by atoms with Crippen molar-refractivity contribution in [2.24, 2.45) is 0 Å². The first-order chi connectivity index (χ1) is 15.6. The Morgan fingerprint density at radius 1 is 1.22 bits per heavy atom. The van der Waals surface area contributed by atoms with E-state index in [0.717, 1.165) is 34.6 Å². The predicted molar refractivity (Wildman–Crippen MR) is 124 cm³/mol. The molecule has 0 radical (unpaired) electrons. The second kappa shape index (κ2) is 10.0. The molecule has 0 saturated heterocycles. The number of aromatic nitrogens is 1. The Bertz CT molecular complexity index is 1090. The number of nitrogens with one attached hydrogen (secondary N) is 1. The maximum Gasteiger partial charge on any atom is 0.248 e. The molecule has 1 amide bonds. The van der Waals surface area contributed by atoms with Crippen molar-refractivity contribution in [3.05, 3.63) is 83.7 Å². The summed E-state index contributed by atoms with van der Waals surface area (Å²) in [6, 6.07) is 15.2. The zero-order valence-electron chi connectivity index (χ0n) is 18.2. The fourth-order valence-electron chi connectivity index (χ4n) is 3.48. The van der Waals surface area contributed by atoms with Gasteiger partial charge < -0.3 is 19.5 Å². The van der Waals surface area contributed by atoms with Crippen LogP contribution >= 0.6 is 0 Å². The summed E-state index contributed by atoms with van der Waals surface area (Å²) in [4.78, 5) is 16.6. The molecular weight excluding hydrogens is 404 g/mol. The molecule has 0 saturated carbocycles. The molecule has 0 bridgehead atoms. The Morgan fingerprint density at radius 3 is 2.81 bits per heavy atom. The summed E-state index contributed by atoms with van der Waals surface area (Å²) in [6.45, 7) is 4.92. The molecule has 1 unspecified atom stereocenters. The topological polar surface area (TPSA) is 69.7 Å². The van der Waals surface area contributed by atoms with Crippen LogP contribution in [0, 0.1) is 0 Å². The number of amides is 1. The van der Waals surface area contributed by atoms with Crippen molar-refractivity contribution in [1.82, 2.24) is 4.98 Å². The van der Waals surface area contributed by atoms with E-state index in [1.807, 2.05) is 62.4 Å². The van der Waals surface area contributed by atoms with Crippen molar-refractivity contribution in [2.75, 3.05) is 11.9 Å². The Balaban J connectivity index is 1.37. The number of pyridine rings is 1. The van der Waals surface area contributed by atoms with Crippen LogP contribution in [-0.2, 0) is 17.8 Å². The molecule has 164 valence electrons. The summed E-state index contributed by atoms with van der Waals surface area (Å²) < 4.78 is 17.3. The average molecular weight is 431 g/mol. The van der Waals surface area contributed by atoms with Crippen molar-refractivity contribution >= 4 is 17.7 Å². The molecule has 1 aliphatic heterocycles. The van der Waals surface area contributed by atoms with Crippen LogP contribution in [0.15, 0.2) is 67.0 Å². The molecule has 6 heteroatoms. The van der Waals surface area contributed by atoms with E-state index in [9.17, 15) is 4.79 Å². The molecule has 2 aromatic carbocycles. The van der Waals surface area contributed by atoms with Gasteiger partial charge in [-0.2, -0.15) is 0 Å². The van der Waals surface area contributed by atoms with Gasteiger partial charge >= 0.3 is 0 Å². The molecule has 1 N–H and O–H groups in total. The number of fused-ring (bicyclic) bond motifs is 1. The van der Waals surface area contributed by atoms with Crippen LogP contribution in [0.2, 0.25) is 0 Å². The molecule has 1 aromatic heterocycles. The number of nitrogens with zero attached hydrogens (tertiary/aromatic N) is 1. The quantitative estimate of drug-likeness (QED) is 0.508. The molecule has 0 spiro atoms. The Morgan fingerprint density at radius 2 is 2.06 bits per heavy atom. The van der Waals surface area contributed by atoms with Crippen LogP contribution in [0.25, 0.3) is 6.08 Å². The van der Waals surface area contributed by atoms with E-state index in [1.165, 1.54) is 6.08 Å². The molecule has 32 heavy (non-hydrogen) atoms. The largest absolute Gasteiger partial charge is 0.492 e. The summed E-state index contributed by atoms with van der Waals surface area (Å²) in [7, 11) is 0. The van der Waals surface area contributed by atoms with Gasteiger partial charge in [-0.25, -0.2) is 0 Å². The minimum absolute atomic E-state index is 0.127. The monoisotopic (exact) mass is 430 g/mol. The third-order valence-electron chi connectivity index (χ3n) is 4.99. The fourth-order valence-corrected chi connectivity index (χ4v) is 3.48. The summed E-state index contributed by atoms with van der Waals surface area (Å²) in [5.74, 6) is 1.96. The van der Waals surface area contributed by atoms with Crippen LogP contribution in [-0.4, -0.2) is 23.6 Å². The Labute approximate surface area is 187 Å². The van der Waals surface area contributed by atoms with E-state index >= 15 is 0 Å². The van der Waals surface area contributed by atoms with Gasteiger partial charge in [0.2, 0.25) is 5.91 Å². The van der Waals surface area contributed by atoms with E-state index in [1.54, 1.807) is 18.5 Å². The maximum absolute atomic E-state index is 12.5. The number of carbonyl (C=O) groups is 1. The van der Waals surface area contributed by atoms with Gasteiger partial charge in [0.05, 0.1) is 12.3 Å². The van der Waals surface area contributed by atoms with Gasteiger partial charge in [0.25, 0.3) is 0 Å². The van der Waals surface area contributed by atoms with Gasteiger partial charge in [-0.15, -0.1) is 0 Å². The lowest BCUT2D eigenvalue weighted by Crippen LogP contribution is -2.10. The normalized spacial score (nSPS) is 14.6. The van der Waals surface area contributed by atoms with Crippen molar-refractivity contribution in [1.29, 1.82) is 0 Å². The lowest BCUT2D eigenvalue weighted by atomic mass is 10.1. The summed E-state index contributed by atoms with van der Waals surface area (Å²) in [5, 5.41) is 2.90. The highest BCUT2D eigenvalue weighted by molar-refractivity contribution is 6.03. The molecule has 6 nitrogen and oxygen atoms in total. The van der Waals surface area contributed by atoms with Crippen LogP contribution in [0.1, 0.15) is 30.5 Å². The number of hydrogen-bond acceptors (Lipinski definition) is 5. The van der Waals surface area contributed by atoms with Crippen LogP contribution < -0.4 is 19.5 Å². The van der Waals surface area contributed by atoms with E-state index in [-0.39, 0.29) is 12.0 Å². The van der Waals surface area contributed by atoms with Gasteiger partial charge in [0, 0.05) is 42.1 Å². The first-order valence-electron chi connectivity index (χ1n) is 10.7. The lowest BCUT2D eigenvalue weighted by Gasteiger charge is -2.12. The van der Waals surface area contributed by atoms with Gasteiger partial charge in [-0.3, -0.25) is 9.78 Å². The number of benzene rings is 2. The zero-order valence-corrected chi connectivity index (χ0v) is 18.2. The second-order valence-corrected chi connectivity index (χ2v) is 7.56. The standard InChI is InChI=1S/C26H26N2O4/c1-3-30-25-14-21-13-18(2)32-24(21)15-23(25)28-26(29)11-8-19-6-9-22(10-7-19)31-17-20-5-4-12-27-16-20/h4-12,14-16,18H,3,13,17H2,1-2H3,(H,28,29). The van der Waals surface area contributed by atoms with E-state index in [4.69, 9.17) is 14.2 Å². The molecular formula is C26H26N2O4. The van der Waals surface area contributed by atoms with Gasteiger partial charge in [0.15, 0.2) is 0 Å². The van der Waals surface area contributed by atoms with Crippen molar-refractivity contribution in [3.63, 3.8) is 0 Å².